The first kappa shape index (κ1) is 47.9. The molecule has 376 valence electrons. The number of hydrogen-bond donors (Lipinski definition) is 0. The monoisotopic (exact) mass is 980 g/mol. The number of benzene rings is 8. The first-order chi connectivity index (χ1) is 35.1. The van der Waals surface area contributed by atoms with E-state index in [1.165, 1.54) is 138 Å². The molecule has 5 heterocycles. The maximum Gasteiger partial charge on any atom is 0.247 e. The van der Waals surface area contributed by atoms with E-state index in [1.54, 1.807) is 0 Å². The molecule has 3 aromatic heterocycles. The molecule has 0 saturated heterocycles. The summed E-state index contributed by atoms with van der Waals surface area (Å²) in [6.07, 6.45) is 0. The van der Waals surface area contributed by atoms with E-state index in [9.17, 15) is 0 Å². The molecule has 2 aliphatic heterocycles. The Morgan fingerprint density at radius 2 is 0.840 bits per heavy atom. The molecule has 8 aromatic carbocycles. The van der Waals surface area contributed by atoms with Crippen LogP contribution in [-0.2, 0) is 32.5 Å². The Kier molecular flexibility index (Phi) is 9.72. The summed E-state index contributed by atoms with van der Waals surface area (Å²) < 4.78 is 7.81. The average Bonchev–Trinajstić information content (AvgIpc) is 3.98. The summed E-state index contributed by atoms with van der Waals surface area (Å²) in [5, 5.41) is 7.96. The van der Waals surface area contributed by atoms with Crippen LogP contribution in [0.1, 0.15) is 157 Å². The molecule has 0 atom stereocenters. The van der Waals surface area contributed by atoms with Crippen LogP contribution in [0.5, 0.6) is 0 Å². The molecule has 0 N–H and O–H groups in total. The van der Waals surface area contributed by atoms with Crippen molar-refractivity contribution in [2.75, 3.05) is 0 Å². The predicted molar refractivity (Wildman–Crippen MR) is 326 cm³/mol. The van der Waals surface area contributed by atoms with Crippen molar-refractivity contribution in [3.63, 3.8) is 0 Å². The highest BCUT2D eigenvalue weighted by molar-refractivity contribution is 6.99. The van der Waals surface area contributed by atoms with Gasteiger partial charge in [-0.15, -0.1) is 0 Å². The summed E-state index contributed by atoms with van der Waals surface area (Å²) in [5.74, 6) is 0. The molecule has 4 heteroatoms. The molecule has 2 aliphatic rings. The van der Waals surface area contributed by atoms with Gasteiger partial charge in [-0.05, 0) is 150 Å². The second-order valence-electron chi connectivity index (χ2n) is 28.4. The molecular weight excluding hydrogens is 906 g/mol. The molecule has 0 spiro atoms. The Bertz CT molecular complexity index is 4240. The molecule has 75 heavy (non-hydrogen) atoms. The lowest BCUT2D eigenvalue weighted by Gasteiger charge is -2.42. The van der Waals surface area contributed by atoms with Crippen molar-refractivity contribution in [1.29, 1.82) is 0 Å². The van der Waals surface area contributed by atoms with Crippen LogP contribution in [0.4, 0.5) is 0 Å². The molecule has 13 rings (SSSR count). The molecule has 0 bridgehead atoms. The Morgan fingerprint density at radius 3 is 1.41 bits per heavy atom. The van der Waals surface area contributed by atoms with Gasteiger partial charge in [-0.3, -0.25) is 0 Å². The number of rotatable bonds is 2. The van der Waals surface area contributed by atoms with E-state index in [-0.39, 0.29) is 39.2 Å². The molecule has 3 nitrogen and oxygen atoms in total. The fourth-order valence-corrected chi connectivity index (χ4v) is 13.6. The van der Waals surface area contributed by atoms with Crippen molar-refractivity contribution in [3.8, 4) is 17.1 Å². The highest BCUT2D eigenvalue weighted by atomic mass is 15.0. The Morgan fingerprint density at radius 1 is 0.360 bits per heavy atom. The standard InChI is InChI=1S/C71H74BN3/c1-66(2,3)41-21-27-46(28-22-41)73-56-34-26-44(69(10,11)12)38-51(56)61-58(73)35-31-48-60-57(74(65(48)61)47-29-23-42(24-30-47)67(4,5)6)36-32-53-62(60)71(16,17)52-19-18-20-59-63(52)72(53)54-40-45(70(13,14)15)39-50-49-37-43(68(7,8)9)25-33-55(49)75(59)64(50)54/h18-40H,1-17H3. The Labute approximate surface area is 445 Å². The first-order valence-electron chi connectivity index (χ1n) is 27.7. The zero-order valence-electron chi connectivity index (χ0n) is 47.7. The zero-order chi connectivity index (χ0) is 53.0. The first-order valence-corrected chi connectivity index (χ1v) is 27.7. The second-order valence-corrected chi connectivity index (χ2v) is 28.4. The third-order valence-electron chi connectivity index (χ3n) is 17.9. The predicted octanol–water partition coefficient (Wildman–Crippen LogP) is 16.9. The van der Waals surface area contributed by atoms with Crippen molar-refractivity contribution in [1.82, 2.24) is 13.7 Å². The molecule has 0 radical (unpaired) electrons. The summed E-state index contributed by atoms with van der Waals surface area (Å²) in [6, 6.07) is 55.7. The maximum atomic E-state index is 2.64. The van der Waals surface area contributed by atoms with E-state index >= 15 is 0 Å². The van der Waals surface area contributed by atoms with Crippen LogP contribution < -0.4 is 16.4 Å². The largest absolute Gasteiger partial charge is 0.310 e. The number of hydrogen-bond acceptors (Lipinski definition) is 0. The van der Waals surface area contributed by atoms with Gasteiger partial charge in [0.1, 0.15) is 0 Å². The van der Waals surface area contributed by atoms with Crippen LogP contribution in [0.25, 0.3) is 82.5 Å². The van der Waals surface area contributed by atoms with Gasteiger partial charge in [-0.25, -0.2) is 0 Å². The Hall–Kier alpha value is -6.78. The van der Waals surface area contributed by atoms with Gasteiger partial charge >= 0.3 is 0 Å². The van der Waals surface area contributed by atoms with Gasteiger partial charge in [0.15, 0.2) is 0 Å². The molecule has 0 saturated carbocycles. The number of aromatic nitrogens is 3. The summed E-state index contributed by atoms with van der Waals surface area (Å²) in [5.41, 5.74) is 24.9. The topological polar surface area (TPSA) is 14.8 Å². The lowest BCUT2D eigenvalue weighted by Crippen LogP contribution is -2.63. The molecule has 0 unspecified atom stereocenters. The highest BCUT2D eigenvalue weighted by Gasteiger charge is 2.47. The fraction of sp³-hybridized carbons (Fsp3) is 0.324. The van der Waals surface area contributed by atoms with Gasteiger partial charge in [-0.2, -0.15) is 0 Å². The number of nitrogens with zero attached hydrogens (tertiary/aromatic N) is 3. The van der Waals surface area contributed by atoms with E-state index in [1.807, 2.05) is 0 Å². The SMILES string of the molecule is CC(C)(C)c1ccc(-n2c3ccc(C(C)(C)C)cc3c3c2ccc2c4c5c(ccc4n(-c4ccc(C(C)(C)C)cc4)c23)B2c3c(cccc3C5(C)C)-n3c4ccc(C(C)(C)C)cc4c4cc(C(C)(C)C)cc2c43)cc1. The van der Waals surface area contributed by atoms with Crippen LogP contribution in [0.15, 0.2) is 140 Å². The van der Waals surface area contributed by atoms with Gasteiger partial charge in [0.05, 0.1) is 27.6 Å². The summed E-state index contributed by atoms with van der Waals surface area (Å²) in [6.45, 7) is 40.2. The van der Waals surface area contributed by atoms with Crippen LogP contribution >= 0.6 is 0 Å². The molecule has 0 amide bonds. The van der Waals surface area contributed by atoms with Gasteiger partial charge in [0.25, 0.3) is 0 Å². The van der Waals surface area contributed by atoms with E-state index in [0.29, 0.717) is 0 Å². The van der Waals surface area contributed by atoms with Gasteiger partial charge < -0.3 is 13.7 Å². The van der Waals surface area contributed by atoms with Crippen LogP contribution in [0, 0.1) is 0 Å². The van der Waals surface area contributed by atoms with Crippen LogP contribution in [0.2, 0.25) is 0 Å². The van der Waals surface area contributed by atoms with Crippen molar-refractivity contribution in [2.45, 2.75) is 150 Å². The van der Waals surface area contributed by atoms with E-state index in [2.05, 4.69) is 271 Å². The second kappa shape index (κ2) is 15.2. The summed E-state index contributed by atoms with van der Waals surface area (Å²) in [4.78, 5) is 0. The molecular formula is C71H74BN3. The summed E-state index contributed by atoms with van der Waals surface area (Å²) in [7, 11) is 0. The summed E-state index contributed by atoms with van der Waals surface area (Å²) >= 11 is 0. The minimum atomic E-state index is -0.344. The molecule has 0 aliphatic carbocycles. The molecule has 0 fully saturated rings. The van der Waals surface area contributed by atoms with Crippen molar-refractivity contribution < 1.29 is 0 Å². The molecule has 11 aromatic rings. The van der Waals surface area contributed by atoms with E-state index in [4.69, 9.17) is 0 Å². The van der Waals surface area contributed by atoms with Crippen molar-refractivity contribution >= 4 is 88.5 Å². The third kappa shape index (κ3) is 6.79. The fourth-order valence-electron chi connectivity index (χ4n) is 13.6. The maximum absolute atomic E-state index is 2.64. The minimum absolute atomic E-state index is 0.0254. The van der Waals surface area contributed by atoms with Crippen LogP contribution in [0.3, 0.4) is 0 Å². The Balaban J connectivity index is 1.19. The number of fused-ring (bicyclic) bond motifs is 15. The van der Waals surface area contributed by atoms with Crippen molar-refractivity contribution in [2.24, 2.45) is 0 Å². The highest BCUT2D eigenvalue weighted by Crippen LogP contribution is 2.49. The van der Waals surface area contributed by atoms with Gasteiger partial charge in [0.2, 0.25) is 6.71 Å². The van der Waals surface area contributed by atoms with Crippen molar-refractivity contribution in [3.05, 3.63) is 178 Å². The quantitative estimate of drug-likeness (QED) is 0.153. The smallest absolute Gasteiger partial charge is 0.247 e. The zero-order valence-corrected chi connectivity index (χ0v) is 47.7. The van der Waals surface area contributed by atoms with Crippen LogP contribution in [-0.4, -0.2) is 20.4 Å². The lowest BCUT2D eigenvalue weighted by molar-refractivity contribution is 0.590. The minimum Gasteiger partial charge on any atom is -0.310 e. The normalized spacial score (nSPS) is 14.8. The van der Waals surface area contributed by atoms with Gasteiger partial charge in [0, 0.05) is 60.3 Å². The third-order valence-corrected chi connectivity index (χ3v) is 17.9. The average molecular weight is 980 g/mol. The van der Waals surface area contributed by atoms with E-state index in [0.717, 1.165) is 0 Å². The van der Waals surface area contributed by atoms with E-state index < -0.39 is 0 Å². The lowest BCUT2D eigenvalue weighted by atomic mass is 9.30. The van der Waals surface area contributed by atoms with Gasteiger partial charge in [-0.1, -0.05) is 190 Å².